The number of methoxy groups -OCH3 is 1. The largest absolute Gasteiger partial charge is 0.399 e. The summed E-state index contributed by atoms with van der Waals surface area (Å²) in [5.74, 6) is 0.607. The molecular weight excluding hydrogens is 278 g/mol. The summed E-state index contributed by atoms with van der Waals surface area (Å²) in [6, 6.07) is 5.32. The molecular formula is C10H14BrNO2S. The Bertz CT molecular complexity index is 357. The predicted octanol–water partition coefficient (Wildman–Crippen LogP) is 2.18. The Labute approximate surface area is 101 Å². The molecule has 0 aliphatic rings. The van der Waals surface area contributed by atoms with Gasteiger partial charge in [0, 0.05) is 29.6 Å². The van der Waals surface area contributed by atoms with Crippen LogP contribution in [0.25, 0.3) is 0 Å². The van der Waals surface area contributed by atoms with Gasteiger partial charge in [-0.15, -0.1) is 0 Å². The van der Waals surface area contributed by atoms with E-state index in [1.165, 1.54) is 0 Å². The van der Waals surface area contributed by atoms with E-state index in [0.717, 1.165) is 15.8 Å². The molecule has 3 nitrogen and oxygen atoms in total. The summed E-state index contributed by atoms with van der Waals surface area (Å²) in [4.78, 5) is 0.792. The van der Waals surface area contributed by atoms with E-state index in [-0.39, 0.29) is 0 Å². The van der Waals surface area contributed by atoms with Gasteiger partial charge in [0.25, 0.3) is 0 Å². The molecule has 5 heteroatoms. The van der Waals surface area contributed by atoms with Gasteiger partial charge in [0.15, 0.2) is 0 Å². The number of hydrogen-bond acceptors (Lipinski definition) is 3. The van der Waals surface area contributed by atoms with Gasteiger partial charge in [-0.1, -0.05) is 0 Å². The lowest BCUT2D eigenvalue weighted by Crippen LogP contribution is -2.02. The van der Waals surface area contributed by atoms with Crippen molar-refractivity contribution < 1.29 is 8.95 Å². The van der Waals surface area contributed by atoms with Gasteiger partial charge in [-0.05, 0) is 40.5 Å². The molecule has 15 heavy (non-hydrogen) atoms. The van der Waals surface area contributed by atoms with Gasteiger partial charge in [-0.3, -0.25) is 4.21 Å². The Morgan fingerprint density at radius 3 is 2.87 bits per heavy atom. The topological polar surface area (TPSA) is 52.3 Å². The molecule has 0 saturated carbocycles. The van der Waals surface area contributed by atoms with E-state index in [4.69, 9.17) is 10.5 Å². The van der Waals surface area contributed by atoms with Crippen LogP contribution in [-0.2, 0) is 15.5 Å². The average Bonchev–Trinajstić information content (AvgIpc) is 2.17. The summed E-state index contributed by atoms with van der Waals surface area (Å²) in [6.07, 6.45) is 0.792. The zero-order chi connectivity index (χ0) is 11.3. The third-order valence-corrected chi connectivity index (χ3v) is 4.30. The number of ether oxygens (including phenoxy) is 1. The number of nitrogen functional groups attached to an aromatic ring is 1. The minimum atomic E-state index is -0.987. The summed E-state index contributed by atoms with van der Waals surface area (Å²) in [5, 5.41) is 0. The van der Waals surface area contributed by atoms with Crippen molar-refractivity contribution >= 4 is 32.4 Å². The van der Waals surface area contributed by atoms with Crippen molar-refractivity contribution in [3.05, 3.63) is 22.7 Å². The van der Waals surface area contributed by atoms with Gasteiger partial charge in [0.05, 0.1) is 15.7 Å². The monoisotopic (exact) mass is 291 g/mol. The Hall–Kier alpha value is -0.390. The summed E-state index contributed by atoms with van der Waals surface area (Å²) in [5.41, 5.74) is 6.27. The van der Waals surface area contributed by atoms with Crippen LogP contribution in [0.2, 0.25) is 0 Å². The molecule has 0 aromatic heterocycles. The first kappa shape index (κ1) is 12.7. The Morgan fingerprint density at radius 1 is 1.53 bits per heavy atom. The molecule has 0 heterocycles. The molecule has 0 aliphatic heterocycles. The number of hydrogen-bond donors (Lipinski definition) is 1. The fourth-order valence-electron chi connectivity index (χ4n) is 1.15. The van der Waals surface area contributed by atoms with Crippen LogP contribution in [0.4, 0.5) is 5.69 Å². The highest BCUT2D eigenvalue weighted by molar-refractivity contribution is 9.10. The summed E-state index contributed by atoms with van der Waals surface area (Å²) in [6.45, 7) is 0.637. The third kappa shape index (κ3) is 3.93. The second-order valence-corrected chi connectivity index (χ2v) is 5.48. The van der Waals surface area contributed by atoms with E-state index in [0.29, 0.717) is 18.0 Å². The normalized spacial score (nSPS) is 12.7. The van der Waals surface area contributed by atoms with Crippen molar-refractivity contribution in [1.82, 2.24) is 0 Å². The van der Waals surface area contributed by atoms with Crippen molar-refractivity contribution in [1.29, 1.82) is 0 Å². The highest BCUT2D eigenvalue weighted by Crippen LogP contribution is 2.23. The standard InChI is InChI=1S/C10H14BrNO2S/c1-14-5-2-6-15(13)10-4-3-8(12)7-9(10)11/h3-4,7H,2,5-6,12H2,1H3. The zero-order valence-corrected chi connectivity index (χ0v) is 10.9. The molecule has 1 unspecified atom stereocenters. The Morgan fingerprint density at radius 2 is 2.27 bits per heavy atom. The lowest BCUT2D eigenvalue weighted by atomic mass is 10.3. The zero-order valence-electron chi connectivity index (χ0n) is 8.53. The van der Waals surface area contributed by atoms with Crippen LogP contribution < -0.4 is 5.73 Å². The second kappa shape index (κ2) is 6.25. The summed E-state index contributed by atoms with van der Waals surface area (Å²) >= 11 is 3.35. The van der Waals surface area contributed by atoms with Crippen LogP contribution in [0.3, 0.4) is 0 Å². The number of benzene rings is 1. The van der Waals surface area contributed by atoms with E-state index in [2.05, 4.69) is 15.9 Å². The third-order valence-electron chi connectivity index (χ3n) is 1.88. The summed E-state index contributed by atoms with van der Waals surface area (Å²) in [7, 11) is 0.654. The van der Waals surface area contributed by atoms with Crippen LogP contribution in [-0.4, -0.2) is 23.7 Å². The molecule has 1 aromatic carbocycles. The maximum Gasteiger partial charge on any atom is 0.0541 e. The van der Waals surface area contributed by atoms with Gasteiger partial charge in [0.1, 0.15) is 0 Å². The maximum atomic E-state index is 11.8. The SMILES string of the molecule is COCCCS(=O)c1ccc(N)cc1Br. The quantitative estimate of drug-likeness (QED) is 0.668. The van der Waals surface area contributed by atoms with Crippen molar-refractivity contribution in [3.8, 4) is 0 Å². The first-order valence-corrected chi connectivity index (χ1v) is 6.68. The molecule has 0 amide bonds. The van der Waals surface area contributed by atoms with E-state index in [1.54, 1.807) is 25.3 Å². The lowest BCUT2D eigenvalue weighted by molar-refractivity contribution is 0.200. The van der Waals surface area contributed by atoms with Gasteiger partial charge in [0.2, 0.25) is 0 Å². The number of halogens is 1. The molecule has 0 radical (unpaired) electrons. The maximum absolute atomic E-state index is 11.8. The van der Waals surface area contributed by atoms with Gasteiger partial charge in [-0.2, -0.15) is 0 Å². The second-order valence-electron chi connectivity index (χ2n) is 3.09. The van der Waals surface area contributed by atoms with E-state index >= 15 is 0 Å². The minimum absolute atomic E-state index is 0.607. The van der Waals surface area contributed by atoms with Gasteiger partial charge in [-0.25, -0.2) is 0 Å². The number of nitrogens with two attached hydrogens (primary N) is 1. The van der Waals surface area contributed by atoms with Crippen molar-refractivity contribution in [2.24, 2.45) is 0 Å². The number of anilines is 1. The molecule has 1 aromatic rings. The first-order chi connectivity index (χ1) is 7.15. The fourth-order valence-corrected chi connectivity index (χ4v) is 3.18. The summed E-state index contributed by atoms with van der Waals surface area (Å²) < 4.78 is 17.6. The molecule has 2 N–H and O–H groups in total. The number of rotatable bonds is 5. The van der Waals surface area contributed by atoms with E-state index < -0.39 is 10.8 Å². The molecule has 0 spiro atoms. The Kier molecular flexibility index (Phi) is 5.28. The molecule has 84 valence electrons. The van der Waals surface area contributed by atoms with Crippen LogP contribution >= 0.6 is 15.9 Å². The molecule has 0 fully saturated rings. The first-order valence-electron chi connectivity index (χ1n) is 4.57. The molecule has 1 atom stereocenters. The molecule has 1 rings (SSSR count). The van der Waals surface area contributed by atoms with Crippen molar-refractivity contribution in [2.75, 3.05) is 25.2 Å². The van der Waals surface area contributed by atoms with E-state index in [9.17, 15) is 4.21 Å². The van der Waals surface area contributed by atoms with Crippen molar-refractivity contribution in [3.63, 3.8) is 0 Å². The Balaban J connectivity index is 2.65. The molecule has 0 saturated heterocycles. The average molecular weight is 292 g/mol. The smallest absolute Gasteiger partial charge is 0.0541 e. The lowest BCUT2D eigenvalue weighted by Gasteiger charge is -2.05. The van der Waals surface area contributed by atoms with Crippen LogP contribution in [0.15, 0.2) is 27.6 Å². The van der Waals surface area contributed by atoms with Crippen LogP contribution in [0.5, 0.6) is 0 Å². The highest BCUT2D eigenvalue weighted by atomic mass is 79.9. The highest BCUT2D eigenvalue weighted by Gasteiger charge is 2.07. The minimum Gasteiger partial charge on any atom is -0.399 e. The van der Waals surface area contributed by atoms with Gasteiger partial charge < -0.3 is 10.5 Å². The molecule has 0 bridgehead atoms. The van der Waals surface area contributed by atoms with Crippen LogP contribution in [0, 0.1) is 0 Å². The van der Waals surface area contributed by atoms with Crippen LogP contribution in [0.1, 0.15) is 6.42 Å². The molecule has 0 aliphatic carbocycles. The van der Waals surface area contributed by atoms with Crippen molar-refractivity contribution in [2.45, 2.75) is 11.3 Å². The predicted molar refractivity (Wildman–Crippen MR) is 66.3 cm³/mol. The fraction of sp³-hybridized carbons (Fsp3) is 0.400. The van der Waals surface area contributed by atoms with E-state index in [1.807, 2.05) is 0 Å². The van der Waals surface area contributed by atoms with Gasteiger partial charge >= 0.3 is 0 Å².